The van der Waals surface area contributed by atoms with Gasteiger partial charge < -0.3 is 67.5 Å². The number of rotatable bonds is 21. The number of piperidine rings is 1. The molecule has 23 nitrogen and oxygen atoms in total. The van der Waals surface area contributed by atoms with Crippen LogP contribution < -0.4 is 38.1 Å². The molecule has 2 heterocycles. The molecule has 0 spiro atoms. The van der Waals surface area contributed by atoms with Gasteiger partial charge in [0.05, 0.1) is 7.11 Å². The second-order valence-electron chi connectivity index (χ2n) is 19.7. The third-order valence-electron chi connectivity index (χ3n) is 13.5. The largest absolute Gasteiger partial charge is 0.508 e. The van der Waals surface area contributed by atoms with Crippen molar-refractivity contribution >= 4 is 59.2 Å². The first-order valence-electron chi connectivity index (χ1n) is 26.1. The molecule has 7 amide bonds. The highest BCUT2D eigenvalue weighted by molar-refractivity contribution is 5.98. The lowest BCUT2D eigenvalue weighted by molar-refractivity contribution is -0.165. The van der Waals surface area contributed by atoms with Crippen LogP contribution >= 0.6 is 0 Å². The topological polar surface area (TPSA) is 344 Å². The number of unbranched alkanes of at least 4 members (excludes halogenated alkanes) is 4. The summed E-state index contributed by atoms with van der Waals surface area (Å²) in [5, 5.41) is 35.0. The van der Waals surface area contributed by atoms with E-state index in [0.29, 0.717) is 17.5 Å². The minimum Gasteiger partial charge on any atom is -0.508 e. The summed E-state index contributed by atoms with van der Waals surface area (Å²) in [6.07, 6.45) is 0.0365. The van der Waals surface area contributed by atoms with Gasteiger partial charge in [-0.3, -0.25) is 43.3 Å². The number of methoxy groups -OCH3 is 1. The van der Waals surface area contributed by atoms with Crippen LogP contribution in [0, 0.1) is 5.92 Å². The first-order chi connectivity index (χ1) is 36.1. The predicted molar refractivity (Wildman–Crippen MR) is 279 cm³/mol. The number of aliphatic hydroxyl groups excluding tert-OH is 1. The molecule has 9 atom stereocenters. The van der Waals surface area contributed by atoms with Crippen LogP contribution in [0.25, 0.3) is 0 Å². The van der Waals surface area contributed by atoms with Crippen LogP contribution in [0.3, 0.4) is 0 Å². The number of hydrogen-bond acceptors (Lipinski definition) is 14. The van der Waals surface area contributed by atoms with Crippen LogP contribution in [0.15, 0.2) is 59.6 Å². The predicted octanol–water partition coefficient (Wildman–Crippen LogP) is 0.706. The summed E-state index contributed by atoms with van der Waals surface area (Å²) in [6, 6.07) is 4.22. The summed E-state index contributed by atoms with van der Waals surface area (Å²) >= 11 is 0. The van der Waals surface area contributed by atoms with Gasteiger partial charge in [-0.05, 0) is 74.6 Å². The number of phenols is 1. The van der Waals surface area contributed by atoms with Gasteiger partial charge >= 0.3 is 11.9 Å². The standard InChI is InChI=1S/C53H78N10O13/c1-7-8-9-10-14-19-41(65)57-37(25-27-43(67)75-6)47(69)61-45-32(4)76-52(74)44(31(2)3)60-48(70)39(29-34-20-22-35(64)23-21-34)62(5)51(73)40(30-33-16-12-11-13-17-33)63-42(66)26-24-38(50(63)72)59-46(68)36(58-49(45)71)18-15-28-56-53(54)55/h11-13,16-17,20-23,31-32,36-40,42,44-45,64,66H,7-10,14-15,18-19,24-30H2,1-6H3,(H,57,65)(H,58,71)(H,59,68)(H,60,70)(H,61,69)(H4,54,55,56)/t32?,36-,37+,38-,39-,40-,42+,44+,45?/m1/s1. The van der Waals surface area contributed by atoms with Crippen molar-refractivity contribution in [1.82, 2.24) is 36.4 Å². The molecule has 2 aliphatic heterocycles. The van der Waals surface area contributed by atoms with Gasteiger partial charge in [0.15, 0.2) is 5.96 Å². The Kier molecular flexibility index (Phi) is 24.4. The third kappa shape index (κ3) is 18.5. The minimum absolute atomic E-state index is 0.00547. The van der Waals surface area contributed by atoms with Crippen molar-refractivity contribution < 1.29 is 62.8 Å². The number of phenolic OH excluding ortho intramolecular Hbond substituents is 1. The summed E-state index contributed by atoms with van der Waals surface area (Å²) in [5.74, 6) is -8.56. The number of nitrogens with two attached hydrogens (primary N) is 2. The molecule has 2 aliphatic rings. The molecule has 11 N–H and O–H groups in total. The Morgan fingerprint density at radius 1 is 0.829 bits per heavy atom. The quantitative estimate of drug-likeness (QED) is 0.0360. The molecule has 418 valence electrons. The van der Waals surface area contributed by atoms with Gasteiger partial charge in [-0.1, -0.05) is 88.9 Å². The maximum Gasteiger partial charge on any atom is 0.329 e. The first kappa shape index (κ1) is 61.2. The first-order valence-corrected chi connectivity index (χ1v) is 26.1. The Labute approximate surface area is 444 Å². The van der Waals surface area contributed by atoms with Crippen molar-refractivity contribution in [1.29, 1.82) is 0 Å². The number of aliphatic imine (C=N–C) groups is 1. The number of amides is 7. The average Bonchev–Trinajstić information content (AvgIpc) is 3.38. The number of guanidine groups is 1. The number of benzene rings is 2. The fourth-order valence-corrected chi connectivity index (χ4v) is 9.01. The van der Waals surface area contributed by atoms with E-state index in [1.807, 2.05) is 0 Å². The van der Waals surface area contributed by atoms with Crippen LogP contribution in [-0.2, 0) is 65.5 Å². The van der Waals surface area contributed by atoms with Gasteiger partial charge in [0.1, 0.15) is 60.4 Å². The van der Waals surface area contributed by atoms with E-state index in [4.69, 9.17) is 20.9 Å². The maximum atomic E-state index is 15.1. The highest BCUT2D eigenvalue weighted by Gasteiger charge is 2.46. The minimum atomic E-state index is -1.81. The number of hydrogen-bond donors (Lipinski definition) is 9. The molecule has 2 saturated heterocycles. The molecule has 0 aromatic heterocycles. The smallest absolute Gasteiger partial charge is 0.329 e. The monoisotopic (exact) mass is 1060 g/mol. The van der Waals surface area contributed by atoms with E-state index in [-0.39, 0.29) is 76.0 Å². The van der Waals surface area contributed by atoms with Crippen LogP contribution in [0.1, 0.15) is 116 Å². The van der Waals surface area contributed by atoms with E-state index in [1.165, 1.54) is 26.1 Å². The highest BCUT2D eigenvalue weighted by Crippen LogP contribution is 2.26. The number of nitrogens with zero attached hydrogens (tertiary/aromatic N) is 3. The Hall–Kier alpha value is -7.30. The Morgan fingerprint density at radius 3 is 2.13 bits per heavy atom. The number of carbonyl (C=O) groups is 9. The lowest BCUT2D eigenvalue weighted by Gasteiger charge is -2.43. The molecule has 23 heteroatoms. The van der Waals surface area contributed by atoms with E-state index in [1.54, 1.807) is 56.3 Å². The molecule has 2 bridgehead atoms. The fourth-order valence-electron chi connectivity index (χ4n) is 9.01. The molecule has 0 aliphatic carbocycles. The second kappa shape index (κ2) is 30.3. The van der Waals surface area contributed by atoms with Crippen LogP contribution in [-0.4, -0.2) is 155 Å². The summed E-state index contributed by atoms with van der Waals surface area (Å²) < 4.78 is 10.7. The third-order valence-corrected chi connectivity index (χ3v) is 13.5. The van der Waals surface area contributed by atoms with E-state index in [0.717, 1.165) is 42.6 Å². The molecule has 2 unspecified atom stereocenters. The van der Waals surface area contributed by atoms with Crippen molar-refractivity contribution in [3.63, 3.8) is 0 Å². The zero-order chi connectivity index (χ0) is 56.1. The van der Waals surface area contributed by atoms with Gasteiger partial charge in [0, 0.05) is 39.3 Å². The zero-order valence-electron chi connectivity index (χ0n) is 44.5. The normalized spacial score (nSPS) is 23.4. The molecular weight excluding hydrogens is 985 g/mol. The van der Waals surface area contributed by atoms with Crippen LogP contribution in [0.2, 0.25) is 0 Å². The van der Waals surface area contributed by atoms with Gasteiger partial charge in [-0.25, -0.2) is 4.79 Å². The van der Waals surface area contributed by atoms with Gasteiger partial charge in [-0.15, -0.1) is 0 Å². The number of likely N-dealkylation sites (N-methyl/N-ethyl adjacent to an activating group) is 1. The number of esters is 2. The van der Waals surface area contributed by atoms with Crippen molar-refractivity contribution in [2.45, 2.75) is 172 Å². The molecule has 76 heavy (non-hydrogen) atoms. The lowest BCUT2D eigenvalue weighted by Crippen LogP contribution is -2.65. The summed E-state index contributed by atoms with van der Waals surface area (Å²) in [7, 11) is 2.51. The number of aliphatic hydroxyl groups is 1. The number of cyclic esters (lactones) is 1. The van der Waals surface area contributed by atoms with Gasteiger partial charge in [-0.2, -0.15) is 0 Å². The van der Waals surface area contributed by atoms with Gasteiger partial charge in [0.2, 0.25) is 41.4 Å². The molecule has 2 fully saturated rings. The summed E-state index contributed by atoms with van der Waals surface area (Å²) in [4.78, 5) is 134. The summed E-state index contributed by atoms with van der Waals surface area (Å²) in [6.45, 7) is 6.58. The van der Waals surface area contributed by atoms with Crippen molar-refractivity contribution in [2.24, 2.45) is 22.4 Å². The number of carbonyl (C=O) groups excluding carboxylic acids is 9. The SMILES string of the molecule is CCCCCCCC(=O)N[C@@H](CCC(=O)OC)C(=O)NC1C(=O)N[C@H](CCCN=C(N)N)C(=O)N[C@@H]2CC[C@H](O)N(C2=O)[C@H](Cc2ccccc2)C(=O)N(C)[C@H](Cc2ccc(O)cc2)C(=O)N[C@@H](C(C)C)C(=O)OC1C. The molecule has 0 saturated carbocycles. The number of aromatic hydroxyl groups is 1. The Morgan fingerprint density at radius 2 is 1.49 bits per heavy atom. The van der Waals surface area contributed by atoms with E-state index in [2.05, 4.69) is 38.5 Å². The Bertz CT molecular complexity index is 2330. The van der Waals surface area contributed by atoms with Crippen LogP contribution in [0.5, 0.6) is 5.75 Å². The van der Waals surface area contributed by atoms with E-state index in [9.17, 15) is 48.6 Å². The molecule has 2 aromatic carbocycles. The van der Waals surface area contributed by atoms with Crippen molar-refractivity contribution in [3.05, 3.63) is 65.7 Å². The van der Waals surface area contributed by atoms with Crippen molar-refractivity contribution in [2.75, 3.05) is 20.7 Å². The molecular formula is C53H78N10O13. The molecule has 4 rings (SSSR count). The van der Waals surface area contributed by atoms with E-state index < -0.39 is 114 Å². The van der Waals surface area contributed by atoms with Crippen LogP contribution in [0.4, 0.5) is 0 Å². The zero-order valence-corrected chi connectivity index (χ0v) is 44.5. The molecule has 0 radical (unpaired) electrons. The number of ether oxygens (including phenoxy) is 2. The van der Waals surface area contributed by atoms with Crippen molar-refractivity contribution in [3.8, 4) is 5.75 Å². The maximum absolute atomic E-state index is 15.1. The highest BCUT2D eigenvalue weighted by atomic mass is 16.5. The fraction of sp³-hybridized carbons (Fsp3) is 0.585. The number of nitrogens with one attached hydrogen (secondary N) is 5. The number of fused-ring (bicyclic) bond motifs is 2. The Balaban J connectivity index is 1.86. The summed E-state index contributed by atoms with van der Waals surface area (Å²) in [5.41, 5.74) is 12.2. The van der Waals surface area contributed by atoms with E-state index >= 15 is 4.79 Å². The average molecular weight is 1060 g/mol. The second-order valence-corrected chi connectivity index (χ2v) is 19.7. The van der Waals surface area contributed by atoms with Gasteiger partial charge in [0.25, 0.3) is 0 Å². The lowest BCUT2D eigenvalue weighted by atomic mass is 9.95. The molecule has 2 aromatic rings.